The van der Waals surface area contributed by atoms with Gasteiger partial charge < -0.3 is 35.2 Å². The minimum atomic E-state index is -1.19. The molecule has 0 atom stereocenters. The van der Waals surface area contributed by atoms with Crippen LogP contribution in [-0.4, -0.2) is 168 Å². The summed E-state index contributed by atoms with van der Waals surface area (Å²) in [7, 11) is 2.11. The Bertz CT molecular complexity index is 3160. The van der Waals surface area contributed by atoms with Crippen LogP contribution in [0.25, 0.3) is 33.5 Å². The van der Waals surface area contributed by atoms with Crippen molar-refractivity contribution in [3.63, 3.8) is 0 Å². The number of hydrogen-bond acceptors (Lipinski definition) is 15. The number of nitrogens with zero attached hydrogens (tertiary/aromatic N) is 14. The van der Waals surface area contributed by atoms with Crippen LogP contribution in [0.5, 0.6) is 0 Å². The van der Waals surface area contributed by atoms with Crippen molar-refractivity contribution in [3.05, 3.63) is 132 Å². The van der Waals surface area contributed by atoms with Gasteiger partial charge in [0, 0.05) is 98.7 Å². The lowest BCUT2D eigenvalue weighted by atomic mass is 9.97. The maximum atomic E-state index is 11.7. The molecule has 3 fully saturated rings. The van der Waals surface area contributed by atoms with Gasteiger partial charge in [0.1, 0.15) is 24.9 Å². The monoisotopic (exact) mass is 1070 g/mol. The molecule has 414 valence electrons. The van der Waals surface area contributed by atoms with Crippen molar-refractivity contribution < 1.29 is 29.6 Å². The molecule has 11 heterocycles. The van der Waals surface area contributed by atoms with Gasteiger partial charge in [-0.3, -0.25) is 14.2 Å². The number of pyridine rings is 2. The van der Waals surface area contributed by atoms with Crippen LogP contribution in [0, 0.1) is 11.8 Å². The predicted octanol–water partition coefficient (Wildman–Crippen LogP) is 5.65. The van der Waals surface area contributed by atoms with Crippen molar-refractivity contribution >= 4 is 22.9 Å². The van der Waals surface area contributed by atoms with E-state index in [1.807, 2.05) is 75.2 Å². The number of amides is 1. The molecule has 1 amide bonds. The van der Waals surface area contributed by atoms with Crippen LogP contribution in [0.2, 0.25) is 0 Å². The SMILES string of the molecule is CC(C)c1cnn2ccc(-c3ccnc(Cc4ccn(CC5CCN(C(=O)CO)CC5)n4)n3)cc12.CC(C)c1cnn2ccc(-c3ccnc(Cc4ccn(CC5CCNCC5)n4)n3)cc12.CN1CCOCC1.O=C(O)CO. The average Bonchev–Trinajstić information content (AvgIpc) is 4.35. The molecular formula is C57H75N15O6. The van der Waals surface area contributed by atoms with Gasteiger partial charge in [-0.25, -0.2) is 33.8 Å². The quantitative estimate of drug-likeness (QED) is 0.103. The standard InChI is InChI=1S/C26H31N7O2.C24H29N7.C5H11NO.C2H4O3/c1-18(2)22-15-28-33-12-6-20(13-24(22)33)23-3-8-27-25(29-23)14-21-7-11-32(30-21)16-19-4-9-31(10-5-19)26(35)17-34;1-17(2)21-15-27-31-12-6-19(13-23(21)31)22-5-10-26-24(28-22)14-20-7-11-30(29-20)16-18-3-8-25-9-4-18;1-6-2-4-7-5-3-6;3-1-2(4)5/h3,6-8,11-13,15,18-19,34H,4-5,9-10,14,16-17H2,1-2H3;5-7,10-13,15,17-18,25H,3-4,8-9,14,16H2,1-2H3;2-5H2,1H3;3H,1H2,(H,4,5). The molecule has 0 radical (unpaired) electrons. The molecule has 0 saturated carbocycles. The van der Waals surface area contributed by atoms with Gasteiger partial charge >= 0.3 is 5.97 Å². The maximum Gasteiger partial charge on any atom is 0.329 e. The molecule has 8 aromatic rings. The minimum absolute atomic E-state index is 0.183. The number of nitrogens with one attached hydrogen (secondary N) is 1. The van der Waals surface area contributed by atoms with Crippen molar-refractivity contribution in [3.8, 4) is 22.5 Å². The third-order valence-corrected chi connectivity index (χ3v) is 14.2. The molecule has 0 aromatic carbocycles. The van der Waals surface area contributed by atoms with Crippen molar-refractivity contribution in [1.29, 1.82) is 0 Å². The normalized spacial score (nSPS) is 15.4. The first-order chi connectivity index (χ1) is 37.8. The average molecular weight is 1070 g/mol. The van der Waals surface area contributed by atoms with Gasteiger partial charge in [-0.1, -0.05) is 27.7 Å². The molecule has 8 aromatic heterocycles. The van der Waals surface area contributed by atoms with E-state index >= 15 is 0 Å². The molecule has 3 aliphatic rings. The largest absolute Gasteiger partial charge is 0.480 e. The number of carbonyl (C=O) groups is 2. The number of aliphatic carboxylic acids is 1. The fourth-order valence-corrected chi connectivity index (χ4v) is 9.73. The second kappa shape index (κ2) is 27.8. The zero-order valence-corrected chi connectivity index (χ0v) is 45.6. The van der Waals surface area contributed by atoms with Crippen molar-refractivity contribution in [1.82, 2.24) is 73.8 Å². The van der Waals surface area contributed by atoms with E-state index in [0.29, 0.717) is 49.6 Å². The molecule has 21 nitrogen and oxygen atoms in total. The Morgan fingerprint density at radius 3 is 1.55 bits per heavy atom. The van der Waals surface area contributed by atoms with E-state index < -0.39 is 19.2 Å². The highest BCUT2D eigenvalue weighted by Crippen LogP contribution is 2.27. The topological polar surface area (TPSA) is 244 Å². The zero-order valence-electron chi connectivity index (χ0n) is 45.6. The van der Waals surface area contributed by atoms with Crippen molar-refractivity contribution in [2.45, 2.75) is 91.1 Å². The van der Waals surface area contributed by atoms with Crippen molar-refractivity contribution in [2.75, 3.05) is 72.7 Å². The summed E-state index contributed by atoms with van der Waals surface area (Å²) in [5, 5.41) is 45.9. The van der Waals surface area contributed by atoms with Crippen LogP contribution < -0.4 is 5.32 Å². The molecule has 0 aliphatic carbocycles. The van der Waals surface area contributed by atoms with E-state index in [-0.39, 0.29) is 5.91 Å². The third-order valence-electron chi connectivity index (χ3n) is 14.2. The van der Waals surface area contributed by atoms with Crippen LogP contribution >= 0.6 is 0 Å². The summed E-state index contributed by atoms with van der Waals surface area (Å²) in [6.07, 6.45) is 21.1. The summed E-state index contributed by atoms with van der Waals surface area (Å²) in [5.41, 5.74) is 10.6. The van der Waals surface area contributed by atoms with Gasteiger partial charge in [-0.2, -0.15) is 20.4 Å². The van der Waals surface area contributed by atoms with E-state index in [4.69, 9.17) is 45.0 Å². The van der Waals surface area contributed by atoms with Crippen LogP contribution in [0.3, 0.4) is 0 Å². The maximum absolute atomic E-state index is 11.7. The van der Waals surface area contributed by atoms with Gasteiger partial charge in [0.25, 0.3) is 0 Å². The van der Waals surface area contributed by atoms with Crippen LogP contribution in [0.1, 0.15) is 99.4 Å². The Balaban J connectivity index is 0.000000170. The highest BCUT2D eigenvalue weighted by Gasteiger charge is 2.23. The molecule has 0 unspecified atom stereocenters. The van der Waals surface area contributed by atoms with Gasteiger partial charge in [0.15, 0.2) is 0 Å². The fraction of sp³-hybridized carbons (Fsp3) is 0.474. The molecule has 78 heavy (non-hydrogen) atoms. The number of aromatic nitrogens is 12. The molecule has 0 bridgehead atoms. The number of likely N-dealkylation sites (N-methyl/N-ethyl adjacent to an activating group) is 1. The summed E-state index contributed by atoms with van der Waals surface area (Å²) in [6, 6.07) is 16.4. The first-order valence-electron chi connectivity index (χ1n) is 27.1. The van der Waals surface area contributed by atoms with E-state index in [1.165, 1.54) is 24.0 Å². The molecule has 3 saturated heterocycles. The third kappa shape index (κ3) is 15.9. The van der Waals surface area contributed by atoms with Crippen LogP contribution in [0.4, 0.5) is 0 Å². The lowest BCUT2D eigenvalue weighted by molar-refractivity contribution is -0.140. The second-order valence-corrected chi connectivity index (χ2v) is 20.8. The first kappa shape index (κ1) is 56.9. The molecule has 11 rings (SSSR count). The highest BCUT2D eigenvalue weighted by atomic mass is 16.5. The first-order valence-corrected chi connectivity index (χ1v) is 27.1. The Hall–Kier alpha value is -7.30. The van der Waals surface area contributed by atoms with Gasteiger partial charge in [-0.05, 0) is 118 Å². The van der Waals surface area contributed by atoms with Gasteiger partial charge in [0.2, 0.25) is 5.91 Å². The number of likely N-dealkylation sites (tertiary alicyclic amines) is 1. The van der Waals surface area contributed by atoms with E-state index in [2.05, 4.69) is 100 Å². The zero-order chi connectivity index (χ0) is 55.0. The molecule has 0 spiro atoms. The van der Waals surface area contributed by atoms with Crippen LogP contribution in [-0.2, 0) is 40.3 Å². The Labute approximate surface area is 455 Å². The predicted molar refractivity (Wildman–Crippen MR) is 296 cm³/mol. The number of rotatable bonds is 14. The van der Waals surface area contributed by atoms with E-state index in [9.17, 15) is 4.79 Å². The second-order valence-electron chi connectivity index (χ2n) is 20.8. The van der Waals surface area contributed by atoms with Gasteiger partial charge in [-0.15, -0.1) is 0 Å². The number of hydrogen-bond donors (Lipinski definition) is 4. The Kier molecular flexibility index (Phi) is 20.3. The smallest absolute Gasteiger partial charge is 0.329 e. The van der Waals surface area contributed by atoms with E-state index in [0.717, 1.165) is 122 Å². The number of carboxylic acid groups (broad SMARTS) is 1. The lowest BCUT2D eigenvalue weighted by Crippen LogP contribution is -2.40. The molecular weight excluding hydrogens is 991 g/mol. The van der Waals surface area contributed by atoms with Crippen molar-refractivity contribution in [2.24, 2.45) is 11.8 Å². The Morgan fingerprint density at radius 2 is 1.13 bits per heavy atom. The number of morpholine rings is 1. The highest BCUT2D eigenvalue weighted by molar-refractivity contribution is 5.77. The Morgan fingerprint density at radius 1 is 0.654 bits per heavy atom. The number of carboxylic acids is 1. The summed E-state index contributed by atoms with van der Waals surface area (Å²) in [6.45, 7) is 17.0. The summed E-state index contributed by atoms with van der Waals surface area (Å²) in [5.74, 6) is 2.16. The number of aliphatic hydroxyl groups is 2. The lowest BCUT2D eigenvalue weighted by Gasteiger charge is -2.31. The summed E-state index contributed by atoms with van der Waals surface area (Å²) in [4.78, 5) is 43.4. The molecule has 4 N–H and O–H groups in total. The number of carbonyl (C=O) groups excluding carboxylic acids is 1. The van der Waals surface area contributed by atoms with E-state index in [1.54, 1.807) is 11.1 Å². The fourth-order valence-electron chi connectivity index (χ4n) is 9.73. The number of aliphatic hydroxyl groups excluding tert-OH is 2. The molecule has 21 heteroatoms. The minimum Gasteiger partial charge on any atom is -0.480 e. The number of piperidine rings is 2. The van der Waals surface area contributed by atoms with Gasteiger partial charge in [0.05, 0.1) is 72.3 Å². The number of ether oxygens (including phenoxy) is 1. The van der Waals surface area contributed by atoms with Crippen LogP contribution in [0.15, 0.2) is 98.1 Å². The molecule has 3 aliphatic heterocycles. The number of fused-ring (bicyclic) bond motifs is 2. The summed E-state index contributed by atoms with van der Waals surface area (Å²) >= 11 is 0. The summed E-state index contributed by atoms with van der Waals surface area (Å²) < 4.78 is 13.0.